The lowest BCUT2D eigenvalue weighted by Gasteiger charge is -2.24. The lowest BCUT2D eigenvalue weighted by Crippen LogP contribution is -2.42. The van der Waals surface area contributed by atoms with Gasteiger partial charge < -0.3 is 5.32 Å². The van der Waals surface area contributed by atoms with Gasteiger partial charge in [0.25, 0.3) is 0 Å². The van der Waals surface area contributed by atoms with Crippen LogP contribution in [-0.2, 0) is 11.3 Å². The Bertz CT molecular complexity index is 487. The number of nitrogens with zero attached hydrogens (tertiary/aromatic N) is 1. The minimum atomic E-state index is -0.0137. The molecule has 1 saturated heterocycles. The fraction of sp³-hybridized carbons (Fsp3) is 0.562. The van der Waals surface area contributed by atoms with Gasteiger partial charge in [-0.15, -0.1) is 0 Å². The van der Waals surface area contributed by atoms with Crippen LogP contribution in [0.25, 0.3) is 0 Å². The molecular weight excluding hydrogens is 304 g/mol. The summed E-state index contributed by atoms with van der Waals surface area (Å²) < 4.78 is 2.22. The summed E-state index contributed by atoms with van der Waals surface area (Å²) >= 11 is 7.99. The molecule has 0 saturated carbocycles. The van der Waals surface area contributed by atoms with Gasteiger partial charge in [-0.25, -0.2) is 4.31 Å². The van der Waals surface area contributed by atoms with E-state index in [-0.39, 0.29) is 11.9 Å². The molecule has 1 unspecified atom stereocenters. The highest BCUT2D eigenvalue weighted by Crippen LogP contribution is 2.28. The molecule has 0 aliphatic carbocycles. The van der Waals surface area contributed by atoms with Crippen LogP contribution in [0.15, 0.2) is 18.2 Å². The maximum Gasteiger partial charge on any atom is 0.238 e. The number of carbonyl (C=O) groups excluding carboxylic acids is 1. The van der Waals surface area contributed by atoms with Gasteiger partial charge in [0.2, 0.25) is 5.91 Å². The molecule has 21 heavy (non-hydrogen) atoms. The molecular formula is C16H23ClN2OS. The largest absolute Gasteiger partial charge is 0.351 e. The number of nitrogens with one attached hydrogen (secondary N) is 1. The van der Waals surface area contributed by atoms with E-state index >= 15 is 0 Å². The fourth-order valence-electron chi connectivity index (χ4n) is 2.50. The van der Waals surface area contributed by atoms with Crippen molar-refractivity contribution in [2.75, 3.05) is 12.3 Å². The Kier molecular flexibility index (Phi) is 5.97. The first kappa shape index (κ1) is 16.7. The van der Waals surface area contributed by atoms with Crippen molar-refractivity contribution in [2.24, 2.45) is 5.92 Å². The number of amides is 1. The summed E-state index contributed by atoms with van der Waals surface area (Å²) in [5, 5.41) is 3.77. The monoisotopic (exact) mass is 326 g/mol. The van der Waals surface area contributed by atoms with Crippen LogP contribution in [0, 0.1) is 12.8 Å². The van der Waals surface area contributed by atoms with Crippen LogP contribution in [0.2, 0.25) is 5.02 Å². The summed E-state index contributed by atoms with van der Waals surface area (Å²) in [5.41, 5.74) is 2.12. The van der Waals surface area contributed by atoms with Crippen LogP contribution < -0.4 is 5.32 Å². The van der Waals surface area contributed by atoms with Crippen molar-refractivity contribution in [1.29, 1.82) is 0 Å². The quantitative estimate of drug-likeness (QED) is 0.838. The topological polar surface area (TPSA) is 32.3 Å². The Balaban J connectivity index is 1.95. The van der Waals surface area contributed by atoms with Gasteiger partial charge in [-0.3, -0.25) is 4.79 Å². The number of rotatable bonds is 5. The normalized spacial score (nSPS) is 19.2. The molecule has 1 aliphatic heterocycles. The van der Waals surface area contributed by atoms with Crippen LogP contribution >= 0.6 is 23.5 Å². The highest BCUT2D eigenvalue weighted by atomic mass is 35.5. The van der Waals surface area contributed by atoms with Crippen LogP contribution in [0.1, 0.15) is 31.4 Å². The molecule has 3 nitrogen and oxygen atoms in total. The van der Waals surface area contributed by atoms with Crippen molar-refractivity contribution in [3.05, 3.63) is 34.3 Å². The molecule has 0 radical (unpaired) electrons. The number of hydrogen-bond acceptors (Lipinski definition) is 3. The van der Waals surface area contributed by atoms with Gasteiger partial charge in [0, 0.05) is 23.9 Å². The third kappa shape index (κ3) is 4.38. The Morgan fingerprint density at radius 3 is 2.95 bits per heavy atom. The molecule has 1 fully saturated rings. The van der Waals surface area contributed by atoms with Gasteiger partial charge in [-0.2, -0.15) is 0 Å². The third-order valence-electron chi connectivity index (χ3n) is 3.64. The number of hydrogen-bond donors (Lipinski definition) is 1. The third-order valence-corrected chi connectivity index (χ3v) is 5.14. The van der Waals surface area contributed by atoms with E-state index in [1.165, 1.54) is 0 Å². The summed E-state index contributed by atoms with van der Waals surface area (Å²) in [7, 11) is 0. The van der Waals surface area contributed by atoms with E-state index in [1.54, 1.807) is 11.9 Å². The lowest BCUT2D eigenvalue weighted by molar-refractivity contribution is -0.124. The summed E-state index contributed by atoms with van der Waals surface area (Å²) in [5.74, 6) is 1.70. The van der Waals surface area contributed by atoms with Crippen molar-refractivity contribution in [3.8, 4) is 0 Å². The number of carbonyl (C=O) groups is 1. The van der Waals surface area contributed by atoms with E-state index < -0.39 is 0 Å². The Hall–Kier alpha value is -0.710. The molecule has 0 aromatic heterocycles. The zero-order chi connectivity index (χ0) is 15.4. The molecule has 1 N–H and O–H groups in total. The fourth-order valence-corrected chi connectivity index (χ4v) is 4.14. The molecule has 1 aromatic rings. The van der Waals surface area contributed by atoms with E-state index in [4.69, 9.17) is 11.6 Å². The molecule has 1 aromatic carbocycles. The van der Waals surface area contributed by atoms with Gasteiger partial charge in [0.05, 0.1) is 6.04 Å². The van der Waals surface area contributed by atoms with E-state index in [0.29, 0.717) is 12.5 Å². The average molecular weight is 327 g/mol. The van der Waals surface area contributed by atoms with Gasteiger partial charge in [0.15, 0.2) is 0 Å². The van der Waals surface area contributed by atoms with Crippen molar-refractivity contribution >= 4 is 29.5 Å². The summed E-state index contributed by atoms with van der Waals surface area (Å²) in [6, 6.07) is 5.80. The predicted molar refractivity (Wildman–Crippen MR) is 90.4 cm³/mol. The molecule has 1 atom stereocenters. The first-order valence-electron chi connectivity index (χ1n) is 7.40. The first-order chi connectivity index (χ1) is 9.99. The van der Waals surface area contributed by atoms with Crippen molar-refractivity contribution < 1.29 is 4.79 Å². The van der Waals surface area contributed by atoms with E-state index in [1.807, 2.05) is 25.1 Å². The smallest absolute Gasteiger partial charge is 0.238 e. The SMILES string of the molecule is Cc1cccc(Cl)c1CNC(=O)C1CCSN1CC(C)C. The Morgan fingerprint density at radius 2 is 2.29 bits per heavy atom. The molecule has 0 spiro atoms. The second-order valence-corrected chi connectivity index (χ2v) is 7.43. The molecule has 2 rings (SSSR count). The summed E-state index contributed by atoms with van der Waals surface area (Å²) in [4.78, 5) is 12.4. The maximum absolute atomic E-state index is 12.4. The van der Waals surface area contributed by atoms with Gasteiger partial charge in [-0.05, 0) is 36.5 Å². The van der Waals surface area contributed by atoms with Crippen molar-refractivity contribution in [1.82, 2.24) is 9.62 Å². The second-order valence-electron chi connectivity index (χ2n) is 5.88. The highest BCUT2D eigenvalue weighted by Gasteiger charge is 2.31. The summed E-state index contributed by atoms with van der Waals surface area (Å²) in [6.07, 6.45) is 0.921. The zero-order valence-corrected chi connectivity index (χ0v) is 14.4. The van der Waals surface area contributed by atoms with Crippen LogP contribution in [0.3, 0.4) is 0 Å². The molecule has 116 valence electrons. The van der Waals surface area contributed by atoms with Crippen LogP contribution in [0.5, 0.6) is 0 Å². The molecule has 0 bridgehead atoms. The van der Waals surface area contributed by atoms with Gasteiger partial charge >= 0.3 is 0 Å². The average Bonchev–Trinajstić information content (AvgIpc) is 2.85. The van der Waals surface area contributed by atoms with Crippen LogP contribution in [0.4, 0.5) is 0 Å². The van der Waals surface area contributed by atoms with Crippen molar-refractivity contribution in [2.45, 2.75) is 39.8 Å². The van der Waals surface area contributed by atoms with E-state index in [0.717, 1.165) is 34.9 Å². The number of aryl methyl sites for hydroxylation is 1. The molecule has 1 heterocycles. The minimum Gasteiger partial charge on any atom is -0.351 e. The second kappa shape index (κ2) is 7.52. The van der Waals surface area contributed by atoms with Gasteiger partial charge in [0.1, 0.15) is 0 Å². The van der Waals surface area contributed by atoms with Crippen molar-refractivity contribution in [3.63, 3.8) is 0 Å². The number of halogens is 1. The minimum absolute atomic E-state index is 0.0137. The molecule has 1 amide bonds. The highest BCUT2D eigenvalue weighted by molar-refractivity contribution is 7.97. The first-order valence-corrected chi connectivity index (χ1v) is 8.72. The molecule has 5 heteroatoms. The maximum atomic E-state index is 12.4. The van der Waals surface area contributed by atoms with Gasteiger partial charge in [-0.1, -0.05) is 49.5 Å². The lowest BCUT2D eigenvalue weighted by atomic mass is 10.1. The van der Waals surface area contributed by atoms with E-state index in [9.17, 15) is 4.79 Å². The predicted octanol–water partition coefficient (Wildman–Crippen LogP) is 3.64. The Labute approximate surface area is 136 Å². The van der Waals surface area contributed by atoms with E-state index in [2.05, 4.69) is 23.5 Å². The number of benzene rings is 1. The van der Waals surface area contributed by atoms with Crippen LogP contribution in [-0.4, -0.2) is 28.6 Å². The zero-order valence-electron chi connectivity index (χ0n) is 12.9. The Morgan fingerprint density at radius 1 is 1.52 bits per heavy atom. The standard InChI is InChI=1S/C16H23ClN2OS/c1-11(2)10-19-15(7-8-21-19)16(20)18-9-13-12(3)5-4-6-14(13)17/h4-6,11,15H,7-10H2,1-3H3,(H,18,20). The summed E-state index contributed by atoms with van der Waals surface area (Å²) in [6.45, 7) is 7.83. The molecule has 1 aliphatic rings.